The first-order valence-corrected chi connectivity index (χ1v) is 9.32. The van der Waals surface area contributed by atoms with Gasteiger partial charge in [0, 0.05) is 12.7 Å². The van der Waals surface area contributed by atoms with Crippen LogP contribution in [0.4, 0.5) is 5.69 Å². The minimum atomic E-state index is -3.11. The topological polar surface area (TPSA) is 83.6 Å². The number of nitrogens with one attached hydrogen (secondary N) is 1. The fourth-order valence-corrected chi connectivity index (χ4v) is 4.39. The van der Waals surface area contributed by atoms with Gasteiger partial charge in [0.1, 0.15) is 0 Å². The average molecular weight is 338 g/mol. The molecule has 1 fully saturated rings. The first-order valence-electron chi connectivity index (χ1n) is 7.50. The van der Waals surface area contributed by atoms with Crippen molar-refractivity contribution in [2.45, 2.75) is 20.3 Å². The normalized spacial score (nSPS) is 19.3. The molecule has 1 aromatic rings. The van der Waals surface area contributed by atoms with Crippen LogP contribution in [0.3, 0.4) is 0 Å². The lowest BCUT2D eigenvalue weighted by molar-refractivity contribution is -0.136. The van der Waals surface area contributed by atoms with Crippen LogP contribution in [0.1, 0.15) is 17.5 Å². The van der Waals surface area contributed by atoms with Gasteiger partial charge in [0.15, 0.2) is 9.84 Å². The second-order valence-electron chi connectivity index (χ2n) is 6.16. The van der Waals surface area contributed by atoms with Crippen LogP contribution in [0.15, 0.2) is 18.2 Å². The smallest absolute Gasteiger partial charge is 0.243 e. The van der Waals surface area contributed by atoms with Crippen LogP contribution in [-0.4, -0.2) is 50.2 Å². The molecule has 1 aliphatic heterocycles. The Balaban J connectivity index is 1.94. The molecule has 0 bridgehead atoms. The van der Waals surface area contributed by atoms with E-state index in [-0.39, 0.29) is 29.9 Å². The van der Waals surface area contributed by atoms with E-state index in [1.165, 1.54) is 11.9 Å². The van der Waals surface area contributed by atoms with Crippen LogP contribution in [0, 0.1) is 19.8 Å². The number of sulfone groups is 1. The lowest BCUT2D eigenvalue weighted by Crippen LogP contribution is -2.39. The van der Waals surface area contributed by atoms with Crippen molar-refractivity contribution < 1.29 is 18.0 Å². The molecule has 2 amide bonds. The van der Waals surface area contributed by atoms with E-state index in [2.05, 4.69) is 5.32 Å². The Morgan fingerprint density at radius 2 is 2.00 bits per heavy atom. The van der Waals surface area contributed by atoms with Crippen LogP contribution in [0.5, 0.6) is 0 Å². The molecular formula is C16H22N2O4S. The standard InChI is InChI=1S/C16H22N2O4S/c1-11-4-5-12(2)14(8-11)17-15(19)9-18(3)16(20)13-6-7-23(21,22)10-13/h4-5,8,13H,6-7,9-10H2,1-3H3,(H,17,19). The molecule has 0 aromatic heterocycles. The molecule has 6 nitrogen and oxygen atoms in total. The number of carbonyl (C=O) groups excluding carboxylic acids is 2. The van der Waals surface area contributed by atoms with Gasteiger partial charge in [-0.3, -0.25) is 9.59 Å². The summed E-state index contributed by atoms with van der Waals surface area (Å²) in [5.74, 6) is -1.18. The summed E-state index contributed by atoms with van der Waals surface area (Å²) in [6.45, 7) is 3.74. The summed E-state index contributed by atoms with van der Waals surface area (Å²) >= 11 is 0. The molecule has 0 spiro atoms. The molecule has 1 unspecified atom stereocenters. The van der Waals surface area contributed by atoms with Crippen molar-refractivity contribution in [2.24, 2.45) is 5.92 Å². The van der Waals surface area contributed by atoms with Crippen molar-refractivity contribution in [3.63, 3.8) is 0 Å². The van der Waals surface area contributed by atoms with Crippen LogP contribution in [0.25, 0.3) is 0 Å². The second kappa shape index (κ2) is 6.70. The summed E-state index contributed by atoms with van der Waals surface area (Å²) in [4.78, 5) is 25.6. The molecule has 0 radical (unpaired) electrons. The Hall–Kier alpha value is -1.89. The fraction of sp³-hybridized carbons (Fsp3) is 0.500. The van der Waals surface area contributed by atoms with E-state index in [1.807, 2.05) is 32.0 Å². The number of rotatable bonds is 4. The predicted octanol–water partition coefficient (Wildman–Crippen LogP) is 1.14. The molecule has 23 heavy (non-hydrogen) atoms. The van der Waals surface area contributed by atoms with Gasteiger partial charge in [-0.1, -0.05) is 12.1 Å². The molecule has 126 valence electrons. The van der Waals surface area contributed by atoms with Gasteiger partial charge < -0.3 is 10.2 Å². The van der Waals surface area contributed by atoms with Crippen LogP contribution < -0.4 is 5.32 Å². The Labute approximate surface area is 136 Å². The van der Waals surface area contributed by atoms with Crippen LogP contribution in [0.2, 0.25) is 0 Å². The zero-order chi connectivity index (χ0) is 17.2. The van der Waals surface area contributed by atoms with Crippen molar-refractivity contribution in [2.75, 3.05) is 30.4 Å². The number of benzene rings is 1. The highest BCUT2D eigenvalue weighted by Crippen LogP contribution is 2.20. The summed E-state index contributed by atoms with van der Waals surface area (Å²) < 4.78 is 22.9. The summed E-state index contributed by atoms with van der Waals surface area (Å²) in [5.41, 5.74) is 2.70. The maximum atomic E-state index is 12.2. The fourth-order valence-electron chi connectivity index (χ4n) is 2.66. The van der Waals surface area contributed by atoms with Crippen LogP contribution >= 0.6 is 0 Å². The van der Waals surface area contributed by atoms with E-state index in [4.69, 9.17) is 0 Å². The summed E-state index contributed by atoms with van der Waals surface area (Å²) in [7, 11) is -1.59. The molecule has 1 heterocycles. The van der Waals surface area contributed by atoms with Gasteiger partial charge in [0.05, 0.1) is 24.0 Å². The van der Waals surface area contributed by atoms with Crippen molar-refractivity contribution in [1.29, 1.82) is 0 Å². The number of amides is 2. The van der Waals surface area contributed by atoms with Gasteiger partial charge in [-0.2, -0.15) is 0 Å². The van der Waals surface area contributed by atoms with Gasteiger partial charge in [0.25, 0.3) is 0 Å². The minimum Gasteiger partial charge on any atom is -0.336 e. The van der Waals surface area contributed by atoms with Crippen molar-refractivity contribution in [3.05, 3.63) is 29.3 Å². The first-order chi connectivity index (χ1) is 10.7. The van der Waals surface area contributed by atoms with E-state index in [9.17, 15) is 18.0 Å². The van der Waals surface area contributed by atoms with Gasteiger partial charge in [0.2, 0.25) is 11.8 Å². The van der Waals surface area contributed by atoms with Crippen LogP contribution in [-0.2, 0) is 19.4 Å². The van der Waals surface area contributed by atoms with Crippen molar-refractivity contribution in [1.82, 2.24) is 4.90 Å². The summed E-state index contributed by atoms with van der Waals surface area (Å²) in [6.07, 6.45) is 0.337. The summed E-state index contributed by atoms with van der Waals surface area (Å²) in [5, 5.41) is 2.79. The maximum absolute atomic E-state index is 12.2. The van der Waals surface area contributed by atoms with Crippen molar-refractivity contribution in [3.8, 4) is 0 Å². The molecule has 1 aliphatic rings. The highest BCUT2D eigenvalue weighted by Gasteiger charge is 2.34. The van der Waals surface area contributed by atoms with E-state index in [1.54, 1.807) is 0 Å². The molecule has 0 aliphatic carbocycles. The predicted molar refractivity (Wildman–Crippen MR) is 88.9 cm³/mol. The minimum absolute atomic E-state index is 0.0475. The number of carbonyl (C=O) groups is 2. The third-order valence-electron chi connectivity index (χ3n) is 4.01. The SMILES string of the molecule is Cc1ccc(C)c(NC(=O)CN(C)C(=O)C2CCS(=O)(=O)C2)c1. The zero-order valence-electron chi connectivity index (χ0n) is 13.6. The number of hydrogen-bond acceptors (Lipinski definition) is 4. The lowest BCUT2D eigenvalue weighted by Gasteiger charge is -2.20. The number of likely N-dealkylation sites (N-methyl/N-ethyl adjacent to an activating group) is 1. The Kier molecular flexibility index (Phi) is 5.09. The third-order valence-corrected chi connectivity index (χ3v) is 5.77. The highest BCUT2D eigenvalue weighted by atomic mass is 32.2. The lowest BCUT2D eigenvalue weighted by atomic mass is 10.1. The van der Waals surface area contributed by atoms with Gasteiger partial charge in [-0.25, -0.2) is 8.42 Å². The Morgan fingerprint density at radius 1 is 1.30 bits per heavy atom. The largest absolute Gasteiger partial charge is 0.336 e. The van der Waals surface area contributed by atoms with Gasteiger partial charge >= 0.3 is 0 Å². The van der Waals surface area contributed by atoms with Gasteiger partial charge in [-0.15, -0.1) is 0 Å². The highest BCUT2D eigenvalue weighted by molar-refractivity contribution is 7.91. The molecule has 1 aromatic carbocycles. The number of aryl methyl sites for hydroxylation is 2. The molecule has 1 N–H and O–H groups in total. The van der Waals surface area contributed by atoms with Gasteiger partial charge in [-0.05, 0) is 37.5 Å². The number of nitrogens with zero attached hydrogens (tertiary/aromatic N) is 1. The van der Waals surface area contributed by atoms with Crippen molar-refractivity contribution >= 4 is 27.3 Å². The third kappa shape index (κ3) is 4.54. The van der Waals surface area contributed by atoms with E-state index < -0.39 is 15.8 Å². The second-order valence-corrected chi connectivity index (χ2v) is 8.39. The first kappa shape index (κ1) is 17.5. The monoisotopic (exact) mass is 338 g/mol. The molecule has 0 saturated carbocycles. The Bertz CT molecular complexity index is 728. The quantitative estimate of drug-likeness (QED) is 0.892. The molecular weight excluding hydrogens is 316 g/mol. The summed E-state index contributed by atoms with van der Waals surface area (Å²) in [6, 6.07) is 5.75. The van der Waals surface area contributed by atoms with E-state index in [0.29, 0.717) is 6.42 Å². The Morgan fingerprint density at radius 3 is 2.61 bits per heavy atom. The number of anilines is 1. The zero-order valence-corrected chi connectivity index (χ0v) is 14.4. The maximum Gasteiger partial charge on any atom is 0.243 e. The molecule has 1 atom stereocenters. The molecule has 2 rings (SSSR count). The van der Waals surface area contributed by atoms with E-state index in [0.717, 1.165) is 16.8 Å². The van der Waals surface area contributed by atoms with E-state index >= 15 is 0 Å². The number of hydrogen-bond donors (Lipinski definition) is 1. The molecule has 7 heteroatoms. The average Bonchev–Trinajstić information content (AvgIpc) is 2.82. The molecule has 1 saturated heterocycles.